The van der Waals surface area contributed by atoms with Gasteiger partial charge in [0.2, 0.25) is 11.8 Å². The highest BCUT2D eigenvalue weighted by Gasteiger charge is 2.14. The fourth-order valence-corrected chi connectivity index (χ4v) is 1.29. The molecule has 0 saturated heterocycles. The van der Waals surface area contributed by atoms with Gasteiger partial charge in [0, 0.05) is 19.0 Å². The Kier molecular flexibility index (Phi) is 7.65. The zero-order valence-corrected chi connectivity index (χ0v) is 10.9. The molecule has 8 heteroatoms. The van der Waals surface area contributed by atoms with Crippen molar-refractivity contribution in [2.24, 2.45) is 0 Å². The van der Waals surface area contributed by atoms with Gasteiger partial charge in [-0.2, -0.15) is 25.3 Å². The summed E-state index contributed by atoms with van der Waals surface area (Å²) in [6.45, 7) is 0.185. The van der Waals surface area contributed by atoms with Gasteiger partial charge in [0.1, 0.15) is 0 Å². The highest BCUT2D eigenvalue weighted by Crippen LogP contribution is 1.97. The molecule has 6 nitrogen and oxygen atoms in total. The van der Waals surface area contributed by atoms with E-state index in [4.69, 9.17) is 1.43 Å². The Labute approximate surface area is 112 Å². The molecule has 0 heterocycles. The molecule has 0 aromatic rings. The van der Waals surface area contributed by atoms with E-state index >= 15 is 0 Å². The first-order valence-electron chi connectivity index (χ1n) is 5.38. The van der Waals surface area contributed by atoms with E-state index in [1.54, 1.807) is 0 Å². The van der Waals surface area contributed by atoms with Crippen molar-refractivity contribution in [1.82, 2.24) is 10.6 Å². The van der Waals surface area contributed by atoms with Gasteiger partial charge in [-0.25, -0.2) is 0 Å². The third kappa shape index (κ3) is 8.87. The van der Waals surface area contributed by atoms with E-state index in [1.165, 1.54) is 0 Å². The van der Waals surface area contributed by atoms with Gasteiger partial charge in [0.15, 0.2) is 0 Å². The summed E-state index contributed by atoms with van der Waals surface area (Å²) in [4.78, 5) is 33.0. The van der Waals surface area contributed by atoms with Gasteiger partial charge in [-0.3, -0.25) is 14.4 Å². The molecular formula is C9H16N2O4S2. The second kappa shape index (κ2) is 9.17. The molecule has 0 radical (unpaired) electrons. The summed E-state index contributed by atoms with van der Waals surface area (Å²) < 4.78 is 6.40. The smallest absolute Gasteiger partial charge is 0.303 e. The standard InChI is InChI=1S/C9H16N2O4S2/c12-7(4-16)10-3-6(1-2-9(14)15)11-8(13)5-17/h6,16-17H,1-5H2,(H,10,12)(H,11,13)(H,14,15)/i/hT. The first kappa shape index (κ1) is 14.2. The molecule has 0 rings (SSSR count). The Morgan fingerprint density at radius 1 is 1.24 bits per heavy atom. The minimum atomic E-state index is -0.694. The molecule has 0 aromatic carbocycles. The predicted molar refractivity (Wildman–Crippen MR) is 69.5 cm³/mol. The van der Waals surface area contributed by atoms with E-state index in [-0.39, 0.29) is 42.7 Å². The second-order valence-electron chi connectivity index (χ2n) is 3.30. The molecule has 98 valence electrons. The Hall–Kier alpha value is -0.890. The van der Waals surface area contributed by atoms with Crippen molar-refractivity contribution in [2.45, 2.75) is 18.9 Å². The van der Waals surface area contributed by atoms with E-state index in [0.29, 0.717) is 0 Å². The van der Waals surface area contributed by atoms with Crippen molar-refractivity contribution in [2.75, 3.05) is 18.1 Å². The predicted octanol–water partition coefficient (Wildman–Crippen LogP) is -0.688. The van der Waals surface area contributed by atoms with Crippen LogP contribution in [0.5, 0.6) is 0 Å². The number of carboxylic acids is 1. The van der Waals surface area contributed by atoms with E-state index in [1.807, 2.05) is 0 Å². The van der Waals surface area contributed by atoms with Crippen molar-refractivity contribution in [3.63, 3.8) is 0 Å². The van der Waals surface area contributed by atoms with Crippen LogP contribution in [0.3, 0.4) is 0 Å². The van der Waals surface area contributed by atoms with Crippen molar-refractivity contribution in [1.29, 1.82) is 1.43 Å². The van der Waals surface area contributed by atoms with Crippen LogP contribution < -0.4 is 10.6 Å². The van der Waals surface area contributed by atoms with Gasteiger partial charge in [-0.15, -0.1) is 0 Å². The Morgan fingerprint density at radius 3 is 2.41 bits per heavy atom. The van der Waals surface area contributed by atoms with Crippen LogP contribution in [0.15, 0.2) is 0 Å². The lowest BCUT2D eigenvalue weighted by molar-refractivity contribution is -0.137. The minimum Gasteiger partial charge on any atom is -0.481 e. The zero-order chi connectivity index (χ0) is 14.0. The molecule has 0 bridgehead atoms. The molecule has 0 spiro atoms. The number of hydrogen-bond donors (Lipinski definition) is 5. The molecule has 0 aliphatic heterocycles. The number of amides is 2. The van der Waals surface area contributed by atoms with E-state index in [9.17, 15) is 14.4 Å². The molecule has 17 heavy (non-hydrogen) atoms. The van der Waals surface area contributed by atoms with E-state index in [2.05, 4.69) is 41.0 Å². The lowest BCUT2D eigenvalue weighted by Crippen LogP contribution is -2.44. The lowest BCUT2D eigenvalue weighted by atomic mass is 10.1. The zero-order valence-electron chi connectivity index (χ0n) is 10.1. The number of aliphatic carboxylic acids is 1. The largest absolute Gasteiger partial charge is 0.481 e. The molecule has 0 fully saturated rings. The normalized spacial score (nSPS) is 12.2. The summed E-state index contributed by atoms with van der Waals surface area (Å²) in [5.74, 6) is -1.21. The molecule has 2 amide bonds. The van der Waals surface area contributed by atoms with Crippen LogP contribution in [0.1, 0.15) is 12.8 Å². The van der Waals surface area contributed by atoms with Crippen LogP contribution in [0.4, 0.5) is 0 Å². The van der Waals surface area contributed by atoms with Crippen LogP contribution in [0.25, 0.3) is 1.43 Å². The van der Waals surface area contributed by atoms with Crippen molar-refractivity contribution in [3.8, 4) is 0 Å². The maximum atomic E-state index is 11.2. The summed E-state index contributed by atoms with van der Waals surface area (Å²) >= 11 is 7.61. The number of thiol groups is 2. The average molecular weight is 282 g/mol. The van der Waals surface area contributed by atoms with Gasteiger partial charge < -0.3 is 15.7 Å². The Bertz CT molecular complexity index is 284. The fourth-order valence-electron chi connectivity index (χ4n) is 1.08. The maximum Gasteiger partial charge on any atom is 0.303 e. The topological polar surface area (TPSA) is 95.5 Å². The second-order valence-corrected chi connectivity index (χ2v) is 3.93. The van der Waals surface area contributed by atoms with Crippen molar-refractivity contribution in [3.05, 3.63) is 0 Å². The van der Waals surface area contributed by atoms with Crippen LogP contribution in [-0.2, 0) is 14.4 Å². The first-order chi connectivity index (χ1) is 8.53. The maximum absolute atomic E-state index is 11.2. The molecule has 0 aliphatic rings. The fraction of sp³-hybridized carbons (Fsp3) is 0.667. The SMILES string of the molecule is [3H]OC(=O)CCC(CNC(=O)CS)NC(=O)CS. The monoisotopic (exact) mass is 282 g/mol. The summed E-state index contributed by atoms with van der Waals surface area (Å²) in [7, 11) is 0. The number of carboxylic acid groups (broad SMARTS) is 1. The minimum absolute atomic E-state index is 0.0138. The van der Waals surface area contributed by atoms with Gasteiger partial charge in [0.05, 0.1) is 11.5 Å². The summed E-state index contributed by atoms with van der Waals surface area (Å²) in [5, 5.41) is 8.91. The molecule has 0 aliphatic carbocycles. The number of nitrogens with one attached hydrogen (secondary N) is 2. The molecule has 3 N–H and O–H groups in total. The highest BCUT2D eigenvalue weighted by atomic mass is 32.1. The third-order valence-corrected chi connectivity index (χ3v) is 2.47. The lowest BCUT2D eigenvalue weighted by Gasteiger charge is -2.17. The van der Waals surface area contributed by atoms with Crippen LogP contribution >= 0.6 is 25.3 Å². The van der Waals surface area contributed by atoms with Crippen LogP contribution in [0, 0.1) is 0 Å². The summed E-state index contributed by atoms with van der Waals surface area (Å²) in [6, 6.07) is -0.410. The average Bonchev–Trinajstić information content (AvgIpc) is 2.40. The molecule has 0 aromatic heterocycles. The number of carbonyl (C=O) groups excluding carboxylic acids is 2. The quantitative estimate of drug-likeness (QED) is 0.381. The number of hydrogen-bond acceptors (Lipinski definition) is 6. The van der Waals surface area contributed by atoms with Gasteiger partial charge in [-0.05, 0) is 6.42 Å². The summed E-state index contributed by atoms with van der Waals surface area (Å²) in [6.07, 6.45) is 0.252. The Balaban J connectivity index is 4.19. The summed E-state index contributed by atoms with van der Waals surface area (Å²) in [5.41, 5.74) is 0. The molecule has 0 saturated carbocycles. The first-order valence-corrected chi connectivity index (χ1v) is 6.23. The highest BCUT2D eigenvalue weighted by molar-refractivity contribution is 7.81. The van der Waals surface area contributed by atoms with Gasteiger partial charge >= 0.3 is 5.97 Å². The molecule has 1 atom stereocenters. The van der Waals surface area contributed by atoms with Crippen LogP contribution in [0.2, 0.25) is 0 Å². The molecular weight excluding hydrogens is 264 g/mol. The van der Waals surface area contributed by atoms with Crippen LogP contribution in [-0.4, -0.2) is 47.0 Å². The molecule has 1 unspecified atom stereocenters. The van der Waals surface area contributed by atoms with Crippen molar-refractivity contribution < 1.29 is 19.5 Å². The van der Waals surface area contributed by atoms with Gasteiger partial charge in [-0.1, -0.05) is 0 Å². The van der Waals surface area contributed by atoms with E-state index in [0.717, 1.165) is 0 Å². The third-order valence-electron chi connectivity index (χ3n) is 1.89. The van der Waals surface area contributed by atoms with E-state index < -0.39 is 12.0 Å². The number of carbonyl (C=O) groups is 3. The van der Waals surface area contributed by atoms with Crippen molar-refractivity contribution >= 4 is 43.0 Å². The van der Waals surface area contributed by atoms with Gasteiger partial charge in [0.25, 0.3) is 1.43 Å². The number of rotatable bonds is 8. The Morgan fingerprint density at radius 2 is 1.88 bits per heavy atom.